The molecule has 1 atom stereocenters. The quantitative estimate of drug-likeness (QED) is 0.839. The van der Waals surface area contributed by atoms with E-state index < -0.39 is 10.0 Å². The second-order valence-electron chi connectivity index (χ2n) is 5.44. The lowest BCUT2D eigenvalue weighted by molar-refractivity contribution is 0.0926. The SMILES string of the molecule is CNS(=O)(=O)c1ccc(C(=O)N[C@H](c2cccs2)C(C)C)cc1. The van der Waals surface area contributed by atoms with Crippen molar-refractivity contribution in [2.45, 2.75) is 24.8 Å². The Morgan fingerprint density at radius 1 is 1.13 bits per heavy atom. The fraction of sp³-hybridized carbons (Fsp3) is 0.312. The topological polar surface area (TPSA) is 75.3 Å². The van der Waals surface area contributed by atoms with Gasteiger partial charge in [0.25, 0.3) is 5.91 Å². The molecule has 1 aromatic heterocycles. The van der Waals surface area contributed by atoms with Gasteiger partial charge in [-0.3, -0.25) is 4.79 Å². The predicted molar refractivity (Wildman–Crippen MR) is 92.1 cm³/mol. The summed E-state index contributed by atoms with van der Waals surface area (Å²) < 4.78 is 25.6. The molecule has 0 aliphatic carbocycles. The summed E-state index contributed by atoms with van der Waals surface area (Å²) in [4.78, 5) is 13.6. The van der Waals surface area contributed by atoms with Gasteiger partial charge in [0.15, 0.2) is 0 Å². The number of hydrogen-bond donors (Lipinski definition) is 2. The Hall–Kier alpha value is -1.70. The molecule has 23 heavy (non-hydrogen) atoms. The molecule has 0 unspecified atom stereocenters. The molecule has 2 aromatic rings. The van der Waals surface area contributed by atoms with E-state index in [0.717, 1.165) is 4.88 Å². The van der Waals surface area contributed by atoms with Crippen molar-refractivity contribution in [1.29, 1.82) is 0 Å². The molecule has 1 amide bonds. The first-order valence-corrected chi connectivity index (χ1v) is 9.59. The Bertz CT molecular complexity index is 751. The van der Waals surface area contributed by atoms with Crippen LogP contribution in [0.3, 0.4) is 0 Å². The Morgan fingerprint density at radius 3 is 2.26 bits per heavy atom. The first-order chi connectivity index (χ1) is 10.8. The van der Waals surface area contributed by atoms with Crippen LogP contribution in [0.15, 0.2) is 46.7 Å². The smallest absolute Gasteiger partial charge is 0.251 e. The summed E-state index contributed by atoms with van der Waals surface area (Å²) in [7, 11) is -2.14. The van der Waals surface area contributed by atoms with Crippen LogP contribution in [-0.4, -0.2) is 21.4 Å². The van der Waals surface area contributed by atoms with Gasteiger partial charge in [0, 0.05) is 10.4 Å². The van der Waals surface area contributed by atoms with Gasteiger partial charge in [0.2, 0.25) is 10.0 Å². The molecule has 0 saturated carbocycles. The van der Waals surface area contributed by atoms with Gasteiger partial charge >= 0.3 is 0 Å². The summed E-state index contributed by atoms with van der Waals surface area (Å²) >= 11 is 1.60. The van der Waals surface area contributed by atoms with Crippen molar-refractivity contribution in [3.05, 3.63) is 52.2 Å². The molecule has 2 N–H and O–H groups in total. The van der Waals surface area contributed by atoms with Crippen molar-refractivity contribution in [2.24, 2.45) is 5.92 Å². The van der Waals surface area contributed by atoms with E-state index >= 15 is 0 Å². The van der Waals surface area contributed by atoms with Crippen molar-refractivity contribution in [3.8, 4) is 0 Å². The Kier molecular flexibility index (Phi) is 5.56. The van der Waals surface area contributed by atoms with E-state index in [1.807, 2.05) is 31.4 Å². The molecule has 2 rings (SSSR count). The molecule has 0 saturated heterocycles. The second kappa shape index (κ2) is 7.25. The van der Waals surface area contributed by atoms with Gasteiger partial charge in [0.05, 0.1) is 10.9 Å². The molecular formula is C16H20N2O3S2. The standard InChI is InChI=1S/C16H20N2O3S2/c1-11(2)15(14-5-4-10-22-14)18-16(19)12-6-8-13(9-7-12)23(20,21)17-3/h4-11,15,17H,1-3H3,(H,18,19)/t15-/m0/s1. The molecule has 0 fully saturated rings. The highest BCUT2D eigenvalue weighted by atomic mass is 32.2. The van der Waals surface area contributed by atoms with Gasteiger partial charge < -0.3 is 5.32 Å². The molecule has 124 valence electrons. The third-order valence-corrected chi connectivity index (χ3v) is 5.88. The minimum absolute atomic E-state index is 0.0665. The average Bonchev–Trinajstić information content (AvgIpc) is 3.06. The summed E-state index contributed by atoms with van der Waals surface area (Å²) in [5.41, 5.74) is 0.433. The van der Waals surface area contributed by atoms with E-state index in [0.29, 0.717) is 5.56 Å². The van der Waals surface area contributed by atoms with Crippen LogP contribution < -0.4 is 10.0 Å². The van der Waals surface area contributed by atoms with Gasteiger partial charge in [-0.2, -0.15) is 0 Å². The average molecular weight is 352 g/mol. The molecule has 0 bridgehead atoms. The van der Waals surface area contributed by atoms with Crippen LogP contribution in [0.2, 0.25) is 0 Å². The molecule has 1 heterocycles. The number of amides is 1. The highest BCUT2D eigenvalue weighted by Crippen LogP contribution is 2.26. The molecule has 5 nitrogen and oxygen atoms in total. The van der Waals surface area contributed by atoms with Gasteiger partial charge in [-0.15, -0.1) is 11.3 Å². The van der Waals surface area contributed by atoms with Gasteiger partial charge in [-0.1, -0.05) is 19.9 Å². The summed E-state index contributed by atoms with van der Waals surface area (Å²) in [6.07, 6.45) is 0. The van der Waals surface area contributed by atoms with Crippen molar-refractivity contribution in [2.75, 3.05) is 7.05 Å². The van der Waals surface area contributed by atoms with Crippen molar-refractivity contribution >= 4 is 27.3 Å². The second-order valence-corrected chi connectivity index (χ2v) is 8.31. The highest BCUT2D eigenvalue weighted by molar-refractivity contribution is 7.89. The molecule has 0 aliphatic heterocycles. The van der Waals surface area contributed by atoms with Crippen LogP contribution >= 0.6 is 11.3 Å². The van der Waals surface area contributed by atoms with E-state index in [1.165, 1.54) is 31.3 Å². The molecular weight excluding hydrogens is 332 g/mol. The Labute approximate surface area is 140 Å². The van der Waals surface area contributed by atoms with Crippen molar-refractivity contribution in [3.63, 3.8) is 0 Å². The van der Waals surface area contributed by atoms with Crippen LogP contribution in [0.1, 0.15) is 35.1 Å². The summed E-state index contributed by atoms with van der Waals surface area (Å²) in [6, 6.07) is 9.78. The highest BCUT2D eigenvalue weighted by Gasteiger charge is 2.20. The molecule has 7 heteroatoms. The number of nitrogens with one attached hydrogen (secondary N) is 2. The third kappa shape index (κ3) is 4.19. The van der Waals surface area contributed by atoms with Gasteiger partial charge in [0.1, 0.15) is 0 Å². The van der Waals surface area contributed by atoms with Crippen molar-refractivity contribution in [1.82, 2.24) is 10.0 Å². The van der Waals surface area contributed by atoms with Crippen LogP contribution in [0.4, 0.5) is 0 Å². The first-order valence-electron chi connectivity index (χ1n) is 7.23. The number of carbonyl (C=O) groups excluding carboxylic acids is 1. The van der Waals surface area contributed by atoms with Crippen LogP contribution in [0.25, 0.3) is 0 Å². The summed E-state index contributed by atoms with van der Waals surface area (Å²) in [5, 5.41) is 4.99. The lowest BCUT2D eigenvalue weighted by atomic mass is 10.0. The fourth-order valence-corrected chi connectivity index (χ4v) is 3.84. The maximum Gasteiger partial charge on any atom is 0.251 e. The van der Waals surface area contributed by atoms with Crippen LogP contribution in [-0.2, 0) is 10.0 Å². The normalized spacial score (nSPS) is 13.0. The zero-order valence-electron chi connectivity index (χ0n) is 13.2. The first kappa shape index (κ1) is 17.7. The number of benzene rings is 1. The maximum absolute atomic E-state index is 12.4. The van der Waals surface area contributed by atoms with E-state index in [-0.39, 0.29) is 22.8 Å². The maximum atomic E-state index is 12.4. The van der Waals surface area contributed by atoms with Gasteiger partial charge in [-0.25, -0.2) is 13.1 Å². The number of sulfonamides is 1. The Balaban J connectivity index is 2.17. The monoisotopic (exact) mass is 352 g/mol. The molecule has 0 spiro atoms. The Morgan fingerprint density at radius 2 is 1.78 bits per heavy atom. The minimum Gasteiger partial charge on any atom is -0.344 e. The largest absolute Gasteiger partial charge is 0.344 e. The zero-order chi connectivity index (χ0) is 17.0. The lowest BCUT2D eigenvalue weighted by Gasteiger charge is -2.21. The minimum atomic E-state index is -3.49. The van der Waals surface area contributed by atoms with Crippen LogP contribution in [0.5, 0.6) is 0 Å². The van der Waals surface area contributed by atoms with E-state index in [9.17, 15) is 13.2 Å². The fourth-order valence-electron chi connectivity index (χ4n) is 2.16. The number of rotatable bonds is 6. The van der Waals surface area contributed by atoms with E-state index in [1.54, 1.807) is 11.3 Å². The summed E-state index contributed by atoms with van der Waals surface area (Å²) in [6.45, 7) is 4.10. The number of hydrogen-bond acceptors (Lipinski definition) is 4. The van der Waals surface area contributed by atoms with Gasteiger partial charge in [-0.05, 0) is 48.7 Å². The number of carbonyl (C=O) groups is 1. The number of thiophene rings is 1. The van der Waals surface area contributed by atoms with E-state index in [2.05, 4.69) is 10.0 Å². The lowest BCUT2D eigenvalue weighted by Crippen LogP contribution is -2.31. The molecule has 0 aliphatic rings. The molecule has 1 aromatic carbocycles. The third-order valence-electron chi connectivity index (χ3n) is 3.50. The summed E-state index contributed by atoms with van der Waals surface area (Å²) in [5.74, 6) is 0.0343. The van der Waals surface area contributed by atoms with E-state index in [4.69, 9.17) is 0 Å². The predicted octanol–water partition coefficient (Wildman–Crippen LogP) is 2.78. The zero-order valence-corrected chi connectivity index (χ0v) is 14.9. The molecule has 0 radical (unpaired) electrons. The van der Waals surface area contributed by atoms with Crippen molar-refractivity contribution < 1.29 is 13.2 Å². The van der Waals surface area contributed by atoms with Crippen LogP contribution in [0, 0.1) is 5.92 Å².